The number of carbonyl (C=O) groups excluding carboxylic acids is 2. The van der Waals surface area contributed by atoms with Crippen LogP contribution in [-0.2, 0) is 0 Å². The molecule has 0 aliphatic carbocycles. The van der Waals surface area contributed by atoms with Gasteiger partial charge in [-0.2, -0.15) is 0 Å². The summed E-state index contributed by atoms with van der Waals surface area (Å²) in [6, 6.07) is 12.1. The molecule has 0 bridgehead atoms. The second-order valence-electron chi connectivity index (χ2n) is 5.01. The predicted molar refractivity (Wildman–Crippen MR) is 83.9 cm³/mol. The Kier molecular flexibility index (Phi) is 3.29. The van der Waals surface area contributed by atoms with E-state index < -0.39 is 0 Å². The molecule has 1 aliphatic rings. The number of nitrogen functional groups attached to an aromatic ring is 1. The van der Waals surface area contributed by atoms with Crippen LogP contribution in [0.1, 0.15) is 39.2 Å². The van der Waals surface area contributed by atoms with Crippen molar-refractivity contribution in [1.29, 1.82) is 0 Å². The Morgan fingerprint density at radius 3 is 2.29 bits per heavy atom. The lowest BCUT2D eigenvalue weighted by Gasteiger charge is -2.22. The van der Waals surface area contributed by atoms with Crippen molar-refractivity contribution < 1.29 is 9.59 Å². The lowest BCUT2D eigenvalue weighted by atomic mass is 10.1. The van der Waals surface area contributed by atoms with Crippen molar-refractivity contribution in [2.45, 2.75) is 13.0 Å². The van der Waals surface area contributed by atoms with Crippen LogP contribution in [0.25, 0.3) is 0 Å². The molecule has 21 heavy (non-hydrogen) atoms. The number of halogens is 1. The van der Waals surface area contributed by atoms with E-state index in [4.69, 9.17) is 5.73 Å². The van der Waals surface area contributed by atoms with Gasteiger partial charge in [-0.1, -0.05) is 28.1 Å². The maximum absolute atomic E-state index is 12.5. The van der Waals surface area contributed by atoms with E-state index in [0.29, 0.717) is 16.8 Å². The van der Waals surface area contributed by atoms with Gasteiger partial charge in [0, 0.05) is 10.2 Å². The summed E-state index contributed by atoms with van der Waals surface area (Å²) in [5, 5.41) is 0. The zero-order valence-electron chi connectivity index (χ0n) is 11.3. The molecule has 0 radical (unpaired) electrons. The van der Waals surface area contributed by atoms with E-state index in [1.165, 1.54) is 4.90 Å². The van der Waals surface area contributed by atoms with Gasteiger partial charge in [-0.15, -0.1) is 0 Å². The Hall–Kier alpha value is -2.14. The van der Waals surface area contributed by atoms with Crippen LogP contribution >= 0.6 is 15.9 Å². The van der Waals surface area contributed by atoms with Crippen molar-refractivity contribution in [2.75, 3.05) is 5.73 Å². The number of hydrogen-bond acceptors (Lipinski definition) is 3. The van der Waals surface area contributed by atoms with E-state index >= 15 is 0 Å². The fourth-order valence-corrected chi connectivity index (χ4v) is 2.78. The molecule has 0 saturated carbocycles. The zero-order chi connectivity index (χ0) is 15.1. The molecule has 2 aromatic carbocycles. The standard InChI is InChI=1S/C16H13BrN2O2/c1-9(10-2-4-11(17)5-3-10)19-15(20)13-7-6-12(18)8-14(13)16(19)21/h2-9H,18H2,1H3. The van der Waals surface area contributed by atoms with Crippen LogP contribution in [0.3, 0.4) is 0 Å². The van der Waals surface area contributed by atoms with Gasteiger partial charge in [0.2, 0.25) is 0 Å². The molecule has 1 heterocycles. The SMILES string of the molecule is CC(c1ccc(Br)cc1)N1C(=O)c2ccc(N)cc2C1=O. The number of rotatable bonds is 2. The highest BCUT2D eigenvalue weighted by atomic mass is 79.9. The topological polar surface area (TPSA) is 63.4 Å². The molecule has 2 N–H and O–H groups in total. The van der Waals surface area contributed by atoms with Crippen LogP contribution < -0.4 is 5.73 Å². The van der Waals surface area contributed by atoms with Crippen LogP contribution in [0, 0.1) is 0 Å². The lowest BCUT2D eigenvalue weighted by Crippen LogP contribution is -2.32. The molecule has 0 fully saturated rings. The van der Waals surface area contributed by atoms with E-state index in [1.54, 1.807) is 18.2 Å². The summed E-state index contributed by atoms with van der Waals surface area (Å²) in [4.78, 5) is 26.2. The van der Waals surface area contributed by atoms with Crippen molar-refractivity contribution in [2.24, 2.45) is 0 Å². The van der Waals surface area contributed by atoms with Crippen molar-refractivity contribution in [3.8, 4) is 0 Å². The number of amides is 2. The van der Waals surface area contributed by atoms with Crippen molar-refractivity contribution >= 4 is 33.4 Å². The fourth-order valence-electron chi connectivity index (χ4n) is 2.52. The Morgan fingerprint density at radius 2 is 1.62 bits per heavy atom. The normalized spacial score (nSPS) is 15.2. The third-order valence-electron chi connectivity index (χ3n) is 3.68. The Labute approximate surface area is 130 Å². The summed E-state index contributed by atoms with van der Waals surface area (Å²) < 4.78 is 0.952. The van der Waals surface area contributed by atoms with Crippen LogP contribution in [-0.4, -0.2) is 16.7 Å². The fraction of sp³-hybridized carbons (Fsp3) is 0.125. The van der Waals surface area contributed by atoms with E-state index in [1.807, 2.05) is 31.2 Å². The third kappa shape index (κ3) is 2.23. The molecule has 1 atom stereocenters. The number of nitrogens with zero attached hydrogens (tertiary/aromatic N) is 1. The summed E-state index contributed by atoms with van der Waals surface area (Å²) in [5.74, 6) is -0.567. The number of benzene rings is 2. The number of imide groups is 1. The molecule has 0 saturated heterocycles. The van der Waals surface area contributed by atoms with Gasteiger partial charge in [0.1, 0.15) is 0 Å². The van der Waals surface area contributed by atoms with Crippen LogP contribution in [0.5, 0.6) is 0 Å². The minimum absolute atomic E-state index is 0.273. The molecule has 0 spiro atoms. The molecular formula is C16H13BrN2O2. The first-order chi connectivity index (χ1) is 9.99. The highest BCUT2D eigenvalue weighted by Gasteiger charge is 2.38. The molecule has 1 aliphatic heterocycles. The first-order valence-electron chi connectivity index (χ1n) is 6.52. The van der Waals surface area contributed by atoms with Gasteiger partial charge < -0.3 is 5.73 Å². The highest BCUT2D eigenvalue weighted by Crippen LogP contribution is 2.32. The van der Waals surface area contributed by atoms with Gasteiger partial charge in [0.05, 0.1) is 17.2 Å². The molecule has 0 aromatic heterocycles. The molecule has 3 rings (SSSR count). The summed E-state index contributed by atoms with van der Waals surface area (Å²) in [7, 11) is 0. The number of anilines is 1. The summed E-state index contributed by atoms with van der Waals surface area (Å²) >= 11 is 3.37. The summed E-state index contributed by atoms with van der Waals surface area (Å²) in [6.45, 7) is 1.84. The average Bonchev–Trinajstić information content (AvgIpc) is 2.70. The van der Waals surface area contributed by atoms with Gasteiger partial charge in [0.25, 0.3) is 11.8 Å². The minimum atomic E-state index is -0.327. The van der Waals surface area contributed by atoms with Crippen molar-refractivity contribution in [1.82, 2.24) is 4.90 Å². The summed E-state index contributed by atoms with van der Waals surface area (Å²) in [5.41, 5.74) is 7.88. The second-order valence-corrected chi connectivity index (χ2v) is 5.93. The van der Waals surface area contributed by atoms with Gasteiger partial charge in [-0.3, -0.25) is 14.5 Å². The monoisotopic (exact) mass is 344 g/mol. The van der Waals surface area contributed by atoms with Gasteiger partial charge in [0.15, 0.2) is 0 Å². The number of nitrogens with two attached hydrogens (primary N) is 1. The molecule has 2 aromatic rings. The molecule has 1 unspecified atom stereocenters. The van der Waals surface area contributed by atoms with E-state index in [-0.39, 0.29) is 17.9 Å². The van der Waals surface area contributed by atoms with E-state index in [0.717, 1.165) is 10.0 Å². The van der Waals surface area contributed by atoms with E-state index in [2.05, 4.69) is 15.9 Å². The maximum Gasteiger partial charge on any atom is 0.262 e. The van der Waals surface area contributed by atoms with Gasteiger partial charge >= 0.3 is 0 Å². The Balaban J connectivity index is 1.99. The Morgan fingerprint density at radius 1 is 1.00 bits per heavy atom. The first kappa shape index (κ1) is 13.8. The average molecular weight is 345 g/mol. The zero-order valence-corrected chi connectivity index (χ0v) is 12.9. The van der Waals surface area contributed by atoms with Gasteiger partial charge in [-0.25, -0.2) is 0 Å². The smallest absolute Gasteiger partial charge is 0.262 e. The quantitative estimate of drug-likeness (QED) is 0.670. The molecule has 5 heteroatoms. The lowest BCUT2D eigenvalue weighted by molar-refractivity contribution is 0.0595. The van der Waals surface area contributed by atoms with Gasteiger partial charge in [-0.05, 0) is 42.8 Å². The third-order valence-corrected chi connectivity index (χ3v) is 4.21. The molecular weight excluding hydrogens is 332 g/mol. The summed E-state index contributed by atoms with van der Waals surface area (Å²) in [6.07, 6.45) is 0. The second kappa shape index (κ2) is 5.00. The minimum Gasteiger partial charge on any atom is -0.399 e. The Bertz CT molecular complexity index is 740. The number of hydrogen-bond donors (Lipinski definition) is 1. The van der Waals surface area contributed by atoms with Crippen LogP contribution in [0.15, 0.2) is 46.9 Å². The predicted octanol–water partition coefficient (Wildman–Crippen LogP) is 3.39. The molecule has 106 valence electrons. The highest BCUT2D eigenvalue weighted by molar-refractivity contribution is 9.10. The molecule has 4 nitrogen and oxygen atoms in total. The number of fused-ring (bicyclic) bond motifs is 1. The van der Waals surface area contributed by atoms with Crippen molar-refractivity contribution in [3.63, 3.8) is 0 Å². The maximum atomic E-state index is 12.5. The number of carbonyl (C=O) groups is 2. The van der Waals surface area contributed by atoms with Crippen LogP contribution in [0.2, 0.25) is 0 Å². The largest absolute Gasteiger partial charge is 0.399 e. The molecule has 2 amide bonds. The van der Waals surface area contributed by atoms with Crippen molar-refractivity contribution in [3.05, 3.63) is 63.6 Å². The van der Waals surface area contributed by atoms with Crippen LogP contribution in [0.4, 0.5) is 5.69 Å². The first-order valence-corrected chi connectivity index (χ1v) is 7.31. The van der Waals surface area contributed by atoms with E-state index in [9.17, 15) is 9.59 Å².